The van der Waals surface area contributed by atoms with Gasteiger partial charge in [0.25, 0.3) is 5.91 Å². The number of nitrogens with zero attached hydrogens (tertiary/aromatic N) is 1. The Balaban J connectivity index is 1.84. The molecule has 0 unspecified atom stereocenters. The van der Waals surface area contributed by atoms with Crippen LogP contribution in [0, 0.1) is 0 Å². The van der Waals surface area contributed by atoms with Gasteiger partial charge in [-0.15, -0.1) is 0 Å². The summed E-state index contributed by atoms with van der Waals surface area (Å²) in [5, 5.41) is 3.85. The number of fused-ring (bicyclic) bond motifs is 1. The smallest absolute Gasteiger partial charge is 0.269 e. The van der Waals surface area contributed by atoms with Crippen molar-refractivity contribution in [3.8, 4) is 0 Å². The number of pyridine rings is 1. The summed E-state index contributed by atoms with van der Waals surface area (Å²) in [6, 6.07) is 11.4. The Labute approximate surface area is 118 Å². The van der Waals surface area contributed by atoms with Gasteiger partial charge in [-0.25, -0.2) is 4.98 Å². The van der Waals surface area contributed by atoms with Gasteiger partial charge < -0.3 is 15.8 Å². The molecule has 0 spiro atoms. The highest BCUT2D eigenvalue weighted by Gasteiger charge is 2.06. The van der Waals surface area contributed by atoms with Gasteiger partial charge in [0.2, 0.25) is 0 Å². The SMILES string of the molecule is NCCOCCCNC(=O)c1ccc2ccccc2n1. The standard InChI is InChI=1S/C15H19N3O2/c16-8-11-20-10-3-9-17-15(19)14-7-6-12-4-1-2-5-13(12)18-14/h1-2,4-7H,3,8-11,16H2,(H,17,19). The van der Waals surface area contributed by atoms with Gasteiger partial charge in [-0.2, -0.15) is 0 Å². The zero-order valence-corrected chi connectivity index (χ0v) is 11.3. The second-order valence-corrected chi connectivity index (χ2v) is 4.40. The number of carbonyl (C=O) groups is 1. The van der Waals surface area contributed by atoms with Gasteiger partial charge in [0.05, 0.1) is 12.1 Å². The molecule has 2 aromatic rings. The van der Waals surface area contributed by atoms with Crippen molar-refractivity contribution in [2.45, 2.75) is 6.42 Å². The number of hydrogen-bond donors (Lipinski definition) is 2. The number of amides is 1. The first-order valence-corrected chi connectivity index (χ1v) is 6.73. The number of nitrogens with two attached hydrogens (primary N) is 1. The number of ether oxygens (including phenoxy) is 1. The van der Waals surface area contributed by atoms with Gasteiger partial charge >= 0.3 is 0 Å². The lowest BCUT2D eigenvalue weighted by atomic mass is 10.2. The van der Waals surface area contributed by atoms with Crippen LogP contribution in [0.1, 0.15) is 16.9 Å². The molecule has 0 aliphatic rings. The molecule has 1 aromatic carbocycles. The minimum Gasteiger partial charge on any atom is -0.380 e. The van der Waals surface area contributed by atoms with E-state index in [9.17, 15) is 4.79 Å². The van der Waals surface area contributed by atoms with Crippen LogP contribution in [0.25, 0.3) is 10.9 Å². The van der Waals surface area contributed by atoms with Crippen LogP contribution in [0.4, 0.5) is 0 Å². The maximum atomic E-state index is 11.9. The minimum atomic E-state index is -0.158. The van der Waals surface area contributed by atoms with E-state index in [4.69, 9.17) is 10.5 Å². The summed E-state index contributed by atoms with van der Waals surface area (Å²) in [4.78, 5) is 16.3. The van der Waals surface area contributed by atoms with Gasteiger partial charge in [-0.1, -0.05) is 24.3 Å². The Morgan fingerprint density at radius 2 is 2.05 bits per heavy atom. The number of carbonyl (C=O) groups excluding carboxylic acids is 1. The third-order valence-corrected chi connectivity index (χ3v) is 2.84. The third-order valence-electron chi connectivity index (χ3n) is 2.84. The van der Waals surface area contributed by atoms with Crippen LogP contribution >= 0.6 is 0 Å². The molecule has 0 aliphatic carbocycles. The van der Waals surface area contributed by atoms with E-state index in [1.807, 2.05) is 30.3 Å². The van der Waals surface area contributed by atoms with Crippen molar-refractivity contribution in [2.24, 2.45) is 5.73 Å². The molecule has 1 heterocycles. The van der Waals surface area contributed by atoms with E-state index in [-0.39, 0.29) is 5.91 Å². The van der Waals surface area contributed by atoms with Gasteiger partial charge in [0, 0.05) is 25.1 Å². The summed E-state index contributed by atoms with van der Waals surface area (Å²) in [6.07, 6.45) is 0.763. The Hall–Kier alpha value is -1.98. The Kier molecular flexibility index (Phi) is 5.46. The van der Waals surface area contributed by atoms with Crippen LogP contribution < -0.4 is 11.1 Å². The predicted octanol–water partition coefficient (Wildman–Crippen LogP) is 1.33. The van der Waals surface area contributed by atoms with E-state index in [2.05, 4.69) is 10.3 Å². The van der Waals surface area contributed by atoms with E-state index in [1.54, 1.807) is 6.07 Å². The third kappa shape index (κ3) is 4.01. The summed E-state index contributed by atoms with van der Waals surface area (Å²) < 4.78 is 5.24. The van der Waals surface area contributed by atoms with Gasteiger partial charge in [0.15, 0.2) is 0 Å². The van der Waals surface area contributed by atoms with Gasteiger partial charge in [-0.05, 0) is 18.6 Å². The van der Waals surface area contributed by atoms with Crippen molar-refractivity contribution >= 4 is 16.8 Å². The summed E-state index contributed by atoms with van der Waals surface area (Å²) >= 11 is 0. The predicted molar refractivity (Wildman–Crippen MR) is 78.6 cm³/mol. The fraction of sp³-hybridized carbons (Fsp3) is 0.333. The molecule has 1 amide bonds. The second-order valence-electron chi connectivity index (χ2n) is 4.40. The topological polar surface area (TPSA) is 77.2 Å². The first kappa shape index (κ1) is 14.4. The largest absolute Gasteiger partial charge is 0.380 e. The molecular formula is C15H19N3O2. The fourth-order valence-electron chi connectivity index (χ4n) is 1.84. The number of nitrogens with one attached hydrogen (secondary N) is 1. The molecule has 0 bridgehead atoms. The Morgan fingerprint density at radius 3 is 2.90 bits per heavy atom. The van der Waals surface area contributed by atoms with Gasteiger partial charge in [-0.3, -0.25) is 4.79 Å². The molecule has 0 radical (unpaired) electrons. The summed E-state index contributed by atoms with van der Waals surface area (Å²) in [5.74, 6) is -0.158. The van der Waals surface area contributed by atoms with E-state index in [0.29, 0.717) is 32.0 Å². The van der Waals surface area contributed by atoms with Gasteiger partial charge in [0.1, 0.15) is 5.69 Å². The highest BCUT2D eigenvalue weighted by Crippen LogP contribution is 2.11. The molecule has 106 valence electrons. The molecular weight excluding hydrogens is 254 g/mol. The van der Waals surface area contributed by atoms with E-state index in [1.165, 1.54) is 0 Å². The molecule has 0 atom stereocenters. The first-order valence-electron chi connectivity index (χ1n) is 6.73. The Bertz CT molecular complexity index is 572. The number of aromatic nitrogens is 1. The lowest BCUT2D eigenvalue weighted by Gasteiger charge is -2.06. The zero-order chi connectivity index (χ0) is 14.2. The molecule has 2 rings (SSSR count). The molecule has 0 saturated carbocycles. The maximum Gasteiger partial charge on any atom is 0.269 e. The lowest BCUT2D eigenvalue weighted by molar-refractivity contribution is 0.0938. The molecule has 0 fully saturated rings. The zero-order valence-electron chi connectivity index (χ0n) is 11.3. The summed E-state index contributed by atoms with van der Waals surface area (Å²) in [5.41, 5.74) is 6.57. The monoisotopic (exact) mass is 273 g/mol. The van der Waals surface area contributed by atoms with Crippen molar-refractivity contribution in [2.75, 3.05) is 26.3 Å². The average molecular weight is 273 g/mol. The quantitative estimate of drug-likeness (QED) is 0.746. The second kappa shape index (κ2) is 7.57. The first-order chi connectivity index (χ1) is 9.81. The normalized spacial score (nSPS) is 10.7. The molecule has 0 saturated heterocycles. The van der Waals surface area contributed by atoms with Crippen LogP contribution in [0.5, 0.6) is 0 Å². The van der Waals surface area contributed by atoms with Crippen molar-refractivity contribution in [3.05, 3.63) is 42.1 Å². The average Bonchev–Trinajstić information content (AvgIpc) is 2.50. The number of hydrogen-bond acceptors (Lipinski definition) is 4. The molecule has 3 N–H and O–H groups in total. The number of rotatable bonds is 7. The summed E-state index contributed by atoms with van der Waals surface area (Å²) in [6.45, 7) is 2.24. The molecule has 1 aromatic heterocycles. The molecule has 5 heteroatoms. The molecule has 5 nitrogen and oxygen atoms in total. The van der Waals surface area contributed by atoms with Crippen molar-refractivity contribution < 1.29 is 9.53 Å². The van der Waals surface area contributed by atoms with Crippen LogP contribution in [0.2, 0.25) is 0 Å². The van der Waals surface area contributed by atoms with Crippen LogP contribution in [-0.4, -0.2) is 37.2 Å². The molecule has 20 heavy (non-hydrogen) atoms. The number of para-hydroxylation sites is 1. The molecule has 0 aliphatic heterocycles. The highest BCUT2D eigenvalue weighted by atomic mass is 16.5. The van der Waals surface area contributed by atoms with Crippen molar-refractivity contribution in [1.29, 1.82) is 0 Å². The van der Waals surface area contributed by atoms with E-state index < -0.39 is 0 Å². The summed E-state index contributed by atoms with van der Waals surface area (Å²) in [7, 11) is 0. The van der Waals surface area contributed by atoms with Crippen LogP contribution in [0.3, 0.4) is 0 Å². The van der Waals surface area contributed by atoms with Crippen LogP contribution in [-0.2, 0) is 4.74 Å². The maximum absolute atomic E-state index is 11.9. The van der Waals surface area contributed by atoms with E-state index in [0.717, 1.165) is 17.3 Å². The highest BCUT2D eigenvalue weighted by molar-refractivity contribution is 5.94. The van der Waals surface area contributed by atoms with Crippen molar-refractivity contribution in [3.63, 3.8) is 0 Å². The van der Waals surface area contributed by atoms with Crippen molar-refractivity contribution in [1.82, 2.24) is 10.3 Å². The lowest BCUT2D eigenvalue weighted by Crippen LogP contribution is -2.26. The van der Waals surface area contributed by atoms with E-state index >= 15 is 0 Å². The fourth-order valence-corrected chi connectivity index (χ4v) is 1.84. The van der Waals surface area contributed by atoms with Crippen LogP contribution in [0.15, 0.2) is 36.4 Å². The minimum absolute atomic E-state index is 0.158. The number of benzene rings is 1. The Morgan fingerprint density at radius 1 is 1.20 bits per heavy atom.